The smallest absolute Gasteiger partial charge is 0.327 e. The number of carboxylic acid groups (broad SMARTS) is 1. The fraction of sp³-hybridized carbons (Fsp3) is 0.462. The Morgan fingerprint density at radius 2 is 2.20 bits per heavy atom. The molecule has 1 aromatic carbocycles. The summed E-state index contributed by atoms with van der Waals surface area (Å²) in [4.78, 5) is 21.4. The number of hydrogen-bond donors (Lipinski definition) is 2. The number of rotatable bonds is 7. The zero-order chi connectivity index (χ0) is 15.3. The molecule has 0 bridgehead atoms. The molecule has 0 saturated carbocycles. The molecule has 1 aromatic rings. The number of hydrogen-bond acceptors (Lipinski definition) is 5. The number of carboxylic acids is 1. The van der Waals surface area contributed by atoms with E-state index in [1.165, 1.54) is 25.1 Å². The number of nitrogens with zero attached hydrogens (tertiary/aromatic N) is 1. The van der Waals surface area contributed by atoms with E-state index in [-0.39, 0.29) is 12.3 Å². The SMILES string of the molecule is CCNC(C)(COc1ccc([N+](=O)[O-])c(C)c1)C(=O)O. The van der Waals surface area contributed by atoms with Crippen LogP contribution >= 0.6 is 0 Å². The largest absolute Gasteiger partial charge is 0.491 e. The van der Waals surface area contributed by atoms with Crippen LogP contribution in [0, 0.1) is 17.0 Å². The maximum Gasteiger partial charge on any atom is 0.327 e. The summed E-state index contributed by atoms with van der Waals surface area (Å²) in [6.07, 6.45) is 0. The first-order chi connectivity index (χ1) is 9.30. The van der Waals surface area contributed by atoms with E-state index in [1.807, 2.05) is 0 Å². The van der Waals surface area contributed by atoms with E-state index in [1.54, 1.807) is 13.8 Å². The minimum Gasteiger partial charge on any atom is -0.491 e. The molecule has 7 nitrogen and oxygen atoms in total. The predicted molar refractivity (Wildman–Crippen MR) is 73.0 cm³/mol. The highest BCUT2D eigenvalue weighted by atomic mass is 16.6. The Labute approximate surface area is 116 Å². The molecule has 0 aliphatic carbocycles. The lowest BCUT2D eigenvalue weighted by atomic mass is 10.0. The number of nitro groups is 1. The van der Waals surface area contributed by atoms with Gasteiger partial charge >= 0.3 is 5.97 Å². The van der Waals surface area contributed by atoms with Crippen molar-refractivity contribution in [3.05, 3.63) is 33.9 Å². The van der Waals surface area contributed by atoms with Crippen LogP contribution in [0.5, 0.6) is 5.75 Å². The zero-order valence-electron chi connectivity index (χ0n) is 11.7. The Bertz CT molecular complexity index is 517. The molecule has 0 spiro atoms. The summed E-state index contributed by atoms with van der Waals surface area (Å²) in [6.45, 7) is 5.35. The van der Waals surface area contributed by atoms with Crippen molar-refractivity contribution in [3.63, 3.8) is 0 Å². The first kappa shape index (κ1) is 15.9. The van der Waals surface area contributed by atoms with E-state index < -0.39 is 16.4 Å². The van der Waals surface area contributed by atoms with Crippen LogP contribution in [0.4, 0.5) is 5.69 Å². The van der Waals surface area contributed by atoms with Crippen molar-refractivity contribution in [1.29, 1.82) is 0 Å². The van der Waals surface area contributed by atoms with Gasteiger partial charge in [-0.3, -0.25) is 20.2 Å². The maximum atomic E-state index is 11.2. The predicted octanol–water partition coefficient (Wildman–Crippen LogP) is 1.73. The van der Waals surface area contributed by atoms with Gasteiger partial charge in [0.15, 0.2) is 0 Å². The number of nitro benzene ring substituents is 1. The van der Waals surface area contributed by atoms with Crippen LogP contribution < -0.4 is 10.1 Å². The molecule has 0 radical (unpaired) electrons. The highest BCUT2D eigenvalue weighted by Gasteiger charge is 2.33. The van der Waals surface area contributed by atoms with Gasteiger partial charge in [0.1, 0.15) is 17.9 Å². The van der Waals surface area contributed by atoms with Crippen LogP contribution in [0.25, 0.3) is 0 Å². The van der Waals surface area contributed by atoms with Crippen LogP contribution in [-0.4, -0.2) is 34.7 Å². The second-order valence-electron chi connectivity index (χ2n) is 4.66. The molecule has 0 aliphatic rings. The zero-order valence-corrected chi connectivity index (χ0v) is 11.7. The third-order valence-electron chi connectivity index (χ3n) is 2.93. The van der Waals surface area contributed by atoms with Crippen molar-refractivity contribution in [2.24, 2.45) is 0 Å². The lowest BCUT2D eigenvalue weighted by molar-refractivity contribution is -0.385. The molecule has 0 aliphatic heterocycles. The number of carbonyl (C=O) groups is 1. The number of benzene rings is 1. The van der Waals surface area contributed by atoms with E-state index in [4.69, 9.17) is 4.74 Å². The van der Waals surface area contributed by atoms with Crippen molar-refractivity contribution in [2.75, 3.05) is 13.2 Å². The van der Waals surface area contributed by atoms with Crippen molar-refractivity contribution >= 4 is 11.7 Å². The van der Waals surface area contributed by atoms with E-state index in [9.17, 15) is 20.0 Å². The number of likely N-dealkylation sites (N-methyl/N-ethyl adjacent to an activating group) is 1. The van der Waals surface area contributed by atoms with Crippen LogP contribution in [0.1, 0.15) is 19.4 Å². The summed E-state index contributed by atoms with van der Waals surface area (Å²) in [6, 6.07) is 4.32. The van der Waals surface area contributed by atoms with E-state index >= 15 is 0 Å². The van der Waals surface area contributed by atoms with E-state index in [0.29, 0.717) is 17.9 Å². The van der Waals surface area contributed by atoms with E-state index in [2.05, 4.69) is 5.32 Å². The average molecular weight is 282 g/mol. The molecule has 1 unspecified atom stereocenters. The first-order valence-corrected chi connectivity index (χ1v) is 6.16. The van der Waals surface area contributed by atoms with Gasteiger partial charge in [0.2, 0.25) is 0 Å². The molecule has 7 heteroatoms. The molecule has 20 heavy (non-hydrogen) atoms. The summed E-state index contributed by atoms with van der Waals surface area (Å²) >= 11 is 0. The number of nitrogens with one attached hydrogen (secondary N) is 1. The summed E-state index contributed by atoms with van der Waals surface area (Å²) < 4.78 is 5.43. The molecule has 2 N–H and O–H groups in total. The molecule has 110 valence electrons. The van der Waals surface area contributed by atoms with Crippen LogP contribution in [0.15, 0.2) is 18.2 Å². The highest BCUT2D eigenvalue weighted by Crippen LogP contribution is 2.23. The third kappa shape index (κ3) is 3.67. The average Bonchev–Trinajstić information content (AvgIpc) is 2.36. The van der Waals surface area contributed by atoms with Gasteiger partial charge in [0, 0.05) is 11.6 Å². The molecule has 0 amide bonds. The third-order valence-corrected chi connectivity index (χ3v) is 2.93. The molecular formula is C13H18N2O5. The van der Waals surface area contributed by atoms with Crippen LogP contribution in [0.3, 0.4) is 0 Å². The topological polar surface area (TPSA) is 102 Å². The van der Waals surface area contributed by atoms with Crippen molar-refractivity contribution in [3.8, 4) is 5.75 Å². The summed E-state index contributed by atoms with van der Waals surface area (Å²) in [5, 5.41) is 22.7. The van der Waals surface area contributed by atoms with E-state index in [0.717, 1.165) is 0 Å². The van der Waals surface area contributed by atoms with Gasteiger partial charge in [-0.2, -0.15) is 0 Å². The maximum absolute atomic E-state index is 11.2. The van der Waals surface area contributed by atoms with Gasteiger partial charge in [0.25, 0.3) is 5.69 Å². The van der Waals surface area contributed by atoms with Gasteiger partial charge in [0.05, 0.1) is 4.92 Å². The number of aliphatic carboxylic acids is 1. The van der Waals surface area contributed by atoms with Crippen LogP contribution in [0.2, 0.25) is 0 Å². The summed E-state index contributed by atoms with van der Waals surface area (Å²) in [5.74, 6) is -0.614. The number of ether oxygens (including phenoxy) is 1. The molecule has 1 rings (SSSR count). The lowest BCUT2D eigenvalue weighted by Gasteiger charge is -2.25. The Balaban J connectivity index is 2.81. The van der Waals surface area contributed by atoms with Gasteiger partial charge in [-0.15, -0.1) is 0 Å². The first-order valence-electron chi connectivity index (χ1n) is 6.16. The minimum absolute atomic E-state index is 0.00466. The van der Waals surface area contributed by atoms with Crippen molar-refractivity contribution < 1.29 is 19.6 Å². The highest BCUT2D eigenvalue weighted by molar-refractivity contribution is 5.78. The Kier molecular flexibility index (Phi) is 5.04. The van der Waals surface area contributed by atoms with Gasteiger partial charge < -0.3 is 9.84 Å². The minimum atomic E-state index is -1.20. The normalized spacial score (nSPS) is 13.6. The van der Waals surface area contributed by atoms with Gasteiger partial charge in [-0.25, -0.2) is 0 Å². The lowest BCUT2D eigenvalue weighted by Crippen LogP contribution is -2.53. The Hall–Kier alpha value is -2.15. The monoisotopic (exact) mass is 282 g/mol. The molecule has 0 fully saturated rings. The molecule has 1 atom stereocenters. The number of aryl methyl sites for hydroxylation is 1. The van der Waals surface area contributed by atoms with Gasteiger partial charge in [-0.05, 0) is 32.5 Å². The van der Waals surface area contributed by atoms with Crippen molar-refractivity contribution in [1.82, 2.24) is 5.32 Å². The summed E-state index contributed by atoms with van der Waals surface area (Å²) in [7, 11) is 0. The van der Waals surface area contributed by atoms with Gasteiger partial charge in [-0.1, -0.05) is 6.92 Å². The van der Waals surface area contributed by atoms with Crippen LogP contribution in [-0.2, 0) is 4.79 Å². The fourth-order valence-electron chi connectivity index (χ4n) is 1.73. The fourth-order valence-corrected chi connectivity index (χ4v) is 1.73. The molecule has 0 saturated heterocycles. The quantitative estimate of drug-likeness (QED) is 0.583. The molecule has 0 heterocycles. The molecule has 0 aromatic heterocycles. The Morgan fingerprint density at radius 1 is 1.55 bits per heavy atom. The van der Waals surface area contributed by atoms with Crippen molar-refractivity contribution in [2.45, 2.75) is 26.3 Å². The molecular weight excluding hydrogens is 264 g/mol. The second-order valence-corrected chi connectivity index (χ2v) is 4.66. The second kappa shape index (κ2) is 6.33. The Morgan fingerprint density at radius 3 is 2.65 bits per heavy atom. The summed E-state index contributed by atoms with van der Waals surface area (Å²) in [5.41, 5.74) is -0.734. The standard InChI is InChI=1S/C13H18N2O5/c1-4-14-13(3,12(16)17)8-20-10-5-6-11(15(18)19)9(2)7-10/h5-7,14H,4,8H2,1-3H3,(H,16,17).